The average molecular weight is 332 g/mol. The molecule has 0 unspecified atom stereocenters. The fourth-order valence-corrected chi connectivity index (χ4v) is 3.74. The van der Waals surface area contributed by atoms with Crippen molar-refractivity contribution in [3.63, 3.8) is 0 Å². The van der Waals surface area contributed by atoms with Crippen LogP contribution in [-0.4, -0.2) is 39.6 Å². The molecule has 0 saturated carbocycles. The Balaban J connectivity index is 1.91. The van der Waals surface area contributed by atoms with E-state index in [1.54, 1.807) is 12.5 Å². The van der Waals surface area contributed by atoms with Gasteiger partial charge >= 0.3 is 0 Å². The van der Waals surface area contributed by atoms with Crippen molar-refractivity contribution in [2.24, 2.45) is 0 Å². The molecule has 1 aliphatic rings. The Morgan fingerprint density at radius 1 is 1.16 bits per heavy atom. The zero-order valence-electron chi connectivity index (χ0n) is 15.2. The van der Waals surface area contributed by atoms with Crippen molar-refractivity contribution in [3.05, 3.63) is 59.3 Å². The maximum absolute atomic E-state index is 4.40. The molecule has 1 aliphatic heterocycles. The van der Waals surface area contributed by atoms with E-state index in [0.717, 1.165) is 37.2 Å². The molecule has 0 radical (unpaired) electrons. The lowest BCUT2D eigenvalue weighted by atomic mass is 10.1. The summed E-state index contributed by atoms with van der Waals surface area (Å²) in [7, 11) is 2.21. The van der Waals surface area contributed by atoms with Crippen LogP contribution in [0.1, 0.15) is 29.4 Å². The number of benzene rings is 1. The number of rotatable bonds is 2. The van der Waals surface area contributed by atoms with E-state index in [1.807, 2.05) is 6.07 Å². The molecule has 2 aromatic heterocycles. The summed E-state index contributed by atoms with van der Waals surface area (Å²) in [5, 5.41) is 1.40. The van der Waals surface area contributed by atoms with Crippen molar-refractivity contribution in [1.29, 1.82) is 0 Å². The van der Waals surface area contributed by atoms with Gasteiger partial charge in [-0.2, -0.15) is 0 Å². The summed E-state index contributed by atoms with van der Waals surface area (Å²) in [4.78, 5) is 10.8. The van der Waals surface area contributed by atoms with Crippen molar-refractivity contribution in [2.45, 2.75) is 26.7 Å². The zero-order valence-corrected chi connectivity index (χ0v) is 15.2. The van der Waals surface area contributed by atoms with Crippen molar-refractivity contribution in [3.8, 4) is 0 Å². The lowest BCUT2D eigenvalue weighted by molar-refractivity contribution is 0.351. The predicted molar refractivity (Wildman–Crippen MR) is 103 cm³/mol. The second kappa shape index (κ2) is 6.45. The summed E-state index contributed by atoms with van der Waals surface area (Å²) in [6.45, 7) is 6.52. The topological polar surface area (TPSA) is 34.0 Å². The molecule has 25 heavy (non-hydrogen) atoms. The maximum atomic E-state index is 4.40. The Bertz CT molecular complexity index is 937. The molecule has 4 rings (SSSR count). The first kappa shape index (κ1) is 16.0. The minimum atomic E-state index is 0.975. The van der Waals surface area contributed by atoms with Gasteiger partial charge in [0.1, 0.15) is 6.33 Å². The molecule has 0 amide bonds. The van der Waals surface area contributed by atoms with E-state index in [0.29, 0.717) is 0 Å². The fraction of sp³-hybridized carbons (Fsp3) is 0.333. The first-order valence-electron chi connectivity index (χ1n) is 8.89. The third kappa shape index (κ3) is 2.98. The fourth-order valence-electron chi connectivity index (χ4n) is 3.74. The van der Waals surface area contributed by atoms with E-state index in [2.05, 4.69) is 64.7 Å². The summed E-state index contributed by atoms with van der Waals surface area (Å²) in [5.74, 6) is 0. The van der Waals surface area contributed by atoms with Gasteiger partial charge in [0.15, 0.2) is 0 Å². The van der Waals surface area contributed by atoms with Gasteiger partial charge in [-0.05, 0) is 56.7 Å². The molecular formula is C21H24N4. The van der Waals surface area contributed by atoms with Gasteiger partial charge < -0.3 is 9.47 Å². The third-order valence-corrected chi connectivity index (χ3v) is 5.16. The first-order valence-corrected chi connectivity index (χ1v) is 8.89. The van der Waals surface area contributed by atoms with Gasteiger partial charge in [-0.15, -0.1) is 0 Å². The molecule has 0 saturated heterocycles. The molecule has 3 aromatic rings. The Labute approximate surface area is 148 Å². The van der Waals surface area contributed by atoms with Crippen molar-refractivity contribution >= 4 is 22.7 Å². The van der Waals surface area contributed by atoms with Crippen molar-refractivity contribution in [1.82, 2.24) is 19.4 Å². The van der Waals surface area contributed by atoms with Crippen LogP contribution in [0.4, 0.5) is 0 Å². The van der Waals surface area contributed by atoms with Crippen LogP contribution in [0, 0.1) is 6.92 Å². The van der Waals surface area contributed by atoms with Gasteiger partial charge in [-0.3, -0.25) is 0 Å². The van der Waals surface area contributed by atoms with E-state index in [-0.39, 0.29) is 0 Å². The monoisotopic (exact) mass is 332 g/mol. The molecular weight excluding hydrogens is 308 g/mol. The van der Waals surface area contributed by atoms with Crippen LogP contribution in [-0.2, 0) is 12.8 Å². The van der Waals surface area contributed by atoms with Gasteiger partial charge in [0.2, 0.25) is 0 Å². The van der Waals surface area contributed by atoms with Gasteiger partial charge in [-0.25, -0.2) is 9.97 Å². The maximum Gasteiger partial charge on any atom is 0.116 e. The number of fused-ring (bicyclic) bond motifs is 3. The number of hydrogen-bond donors (Lipinski definition) is 0. The molecule has 4 heteroatoms. The molecule has 0 atom stereocenters. The van der Waals surface area contributed by atoms with Crippen molar-refractivity contribution in [2.75, 3.05) is 20.1 Å². The normalized spacial score (nSPS) is 16.0. The Morgan fingerprint density at radius 2 is 2.00 bits per heavy atom. The van der Waals surface area contributed by atoms with Crippen LogP contribution < -0.4 is 0 Å². The minimum Gasteiger partial charge on any atom is -0.320 e. The molecule has 128 valence electrons. The van der Waals surface area contributed by atoms with E-state index in [1.165, 1.54) is 27.7 Å². The largest absolute Gasteiger partial charge is 0.320 e. The lowest BCUT2D eigenvalue weighted by Crippen LogP contribution is -2.21. The van der Waals surface area contributed by atoms with Crippen LogP contribution in [0.15, 0.2) is 36.8 Å². The number of hydrogen-bond acceptors (Lipinski definition) is 3. The summed E-state index contributed by atoms with van der Waals surface area (Å²) in [6, 6.07) is 8.77. The molecule has 4 nitrogen and oxygen atoms in total. The number of aromatic nitrogens is 3. The van der Waals surface area contributed by atoms with Gasteiger partial charge in [0.25, 0.3) is 0 Å². The van der Waals surface area contributed by atoms with E-state index < -0.39 is 0 Å². The molecule has 0 aliphatic carbocycles. The molecule has 0 N–H and O–H groups in total. The summed E-state index contributed by atoms with van der Waals surface area (Å²) in [5.41, 5.74) is 7.70. The average Bonchev–Trinajstić information content (AvgIpc) is 2.76. The highest BCUT2D eigenvalue weighted by molar-refractivity contribution is 5.90. The van der Waals surface area contributed by atoms with E-state index >= 15 is 0 Å². The van der Waals surface area contributed by atoms with Gasteiger partial charge in [-0.1, -0.05) is 11.6 Å². The Morgan fingerprint density at radius 3 is 2.80 bits per heavy atom. The van der Waals surface area contributed by atoms with Crippen molar-refractivity contribution < 1.29 is 0 Å². The molecule has 0 bridgehead atoms. The Kier molecular flexibility index (Phi) is 4.14. The molecule has 3 heterocycles. The lowest BCUT2D eigenvalue weighted by Gasteiger charge is -2.13. The number of allylic oxidation sites excluding steroid dienone is 1. The quantitative estimate of drug-likeness (QED) is 0.716. The van der Waals surface area contributed by atoms with Crippen LogP contribution in [0.5, 0.6) is 0 Å². The molecule has 0 spiro atoms. The summed E-state index contributed by atoms with van der Waals surface area (Å²) >= 11 is 0. The summed E-state index contributed by atoms with van der Waals surface area (Å²) in [6.07, 6.45) is 7.84. The number of aryl methyl sites for hydroxylation is 1. The molecule has 0 fully saturated rings. The van der Waals surface area contributed by atoms with Crippen LogP contribution in [0.2, 0.25) is 0 Å². The van der Waals surface area contributed by atoms with Gasteiger partial charge in [0, 0.05) is 43.0 Å². The Hall–Kier alpha value is -2.46. The zero-order chi connectivity index (χ0) is 17.4. The van der Waals surface area contributed by atoms with Crippen LogP contribution in [0.3, 0.4) is 0 Å². The highest BCUT2D eigenvalue weighted by Crippen LogP contribution is 2.31. The summed E-state index contributed by atoms with van der Waals surface area (Å²) < 4.78 is 2.39. The predicted octanol–water partition coefficient (Wildman–Crippen LogP) is 3.79. The highest BCUT2D eigenvalue weighted by Gasteiger charge is 2.20. The van der Waals surface area contributed by atoms with Crippen LogP contribution >= 0.6 is 0 Å². The second-order valence-electron chi connectivity index (χ2n) is 7.03. The number of likely N-dealkylation sites (N-methyl/N-ethyl adjacent to an activating group) is 1. The minimum absolute atomic E-state index is 0.975. The van der Waals surface area contributed by atoms with Crippen LogP contribution in [0.25, 0.3) is 22.7 Å². The molecule has 1 aromatic carbocycles. The van der Waals surface area contributed by atoms with E-state index in [4.69, 9.17) is 0 Å². The van der Waals surface area contributed by atoms with Gasteiger partial charge in [0.05, 0.1) is 11.2 Å². The standard InChI is InChI=1S/C21H24N4/c1-15-4-5-20-18(12-15)17-7-10-24(3)11-8-21(17)25(20)13-16(2)19-6-9-22-14-23-19/h4-6,9,12-14H,7-8,10-11H2,1-3H3/b16-13-. The number of nitrogens with zero attached hydrogens (tertiary/aromatic N) is 4. The highest BCUT2D eigenvalue weighted by atomic mass is 15.1. The second-order valence-corrected chi connectivity index (χ2v) is 7.03. The SMILES string of the molecule is C/C(=C/n1c2c(c3cc(C)ccc31)CCN(C)CC2)c1ccncn1. The van der Waals surface area contributed by atoms with E-state index in [9.17, 15) is 0 Å². The third-order valence-electron chi connectivity index (χ3n) is 5.16. The first-order chi connectivity index (χ1) is 12.1. The smallest absolute Gasteiger partial charge is 0.116 e.